The van der Waals surface area contributed by atoms with Gasteiger partial charge < -0.3 is 5.32 Å². The van der Waals surface area contributed by atoms with Gasteiger partial charge in [0.15, 0.2) is 0 Å². The average molecular weight is 378 g/mol. The van der Waals surface area contributed by atoms with Gasteiger partial charge in [0.2, 0.25) is 0 Å². The van der Waals surface area contributed by atoms with Crippen molar-refractivity contribution in [3.8, 4) is 0 Å². The molecular weight excluding hydrogens is 355 g/mol. The smallest absolute Gasteiger partial charge is 0.264 e. The molecule has 2 aromatic rings. The zero-order valence-electron chi connectivity index (χ0n) is 15.1. The second-order valence-corrected chi connectivity index (χ2v) is 8.36. The van der Waals surface area contributed by atoms with E-state index in [-0.39, 0.29) is 22.1 Å². The highest BCUT2D eigenvalue weighted by Crippen LogP contribution is 2.24. The lowest BCUT2D eigenvalue weighted by Gasteiger charge is -2.20. The van der Waals surface area contributed by atoms with Gasteiger partial charge in [0.25, 0.3) is 15.9 Å². The summed E-state index contributed by atoms with van der Waals surface area (Å²) in [7, 11) is -2.71. The van der Waals surface area contributed by atoms with Crippen LogP contribution in [-0.2, 0) is 10.0 Å². The molecule has 0 radical (unpaired) electrons. The summed E-state index contributed by atoms with van der Waals surface area (Å²) < 4.78 is 40.4. The molecule has 0 saturated heterocycles. The number of halogens is 1. The Bertz CT molecular complexity index is 882. The normalized spacial score (nSPS) is 11.4. The van der Waals surface area contributed by atoms with Gasteiger partial charge in [0.1, 0.15) is 5.82 Å². The van der Waals surface area contributed by atoms with Crippen LogP contribution in [0.3, 0.4) is 0 Å². The Hall–Kier alpha value is -2.41. The summed E-state index contributed by atoms with van der Waals surface area (Å²) in [6.07, 6.45) is 0.833. The maximum absolute atomic E-state index is 13.9. The molecule has 5 nitrogen and oxygen atoms in total. The molecule has 0 spiro atoms. The van der Waals surface area contributed by atoms with E-state index in [4.69, 9.17) is 0 Å². The van der Waals surface area contributed by atoms with Crippen molar-refractivity contribution in [2.24, 2.45) is 5.92 Å². The summed E-state index contributed by atoms with van der Waals surface area (Å²) in [5.41, 5.74) is 0.191. The van der Waals surface area contributed by atoms with Crippen LogP contribution in [-0.4, -0.2) is 27.9 Å². The predicted octanol–water partition coefficient (Wildman–Crippen LogP) is 3.43. The Kier molecular flexibility index (Phi) is 6.37. The van der Waals surface area contributed by atoms with E-state index in [9.17, 15) is 17.6 Å². The lowest BCUT2D eigenvalue weighted by molar-refractivity contribution is 0.0952. The number of nitrogens with one attached hydrogen (secondary N) is 1. The lowest BCUT2D eigenvalue weighted by atomic mass is 10.1. The minimum absolute atomic E-state index is 0.0562. The Morgan fingerprint density at radius 1 is 1.15 bits per heavy atom. The molecule has 0 aromatic heterocycles. The zero-order chi connectivity index (χ0) is 19.3. The molecule has 0 aliphatic heterocycles. The number of hydrogen-bond donors (Lipinski definition) is 1. The van der Waals surface area contributed by atoms with Crippen molar-refractivity contribution >= 4 is 21.6 Å². The van der Waals surface area contributed by atoms with Crippen molar-refractivity contribution in [1.82, 2.24) is 5.32 Å². The van der Waals surface area contributed by atoms with Gasteiger partial charge in [-0.1, -0.05) is 32.0 Å². The van der Waals surface area contributed by atoms with E-state index in [1.807, 2.05) is 0 Å². The first-order valence-electron chi connectivity index (χ1n) is 8.35. The van der Waals surface area contributed by atoms with Crippen LogP contribution < -0.4 is 9.62 Å². The Balaban J connectivity index is 2.25. The van der Waals surface area contributed by atoms with E-state index in [2.05, 4.69) is 19.2 Å². The largest absolute Gasteiger partial charge is 0.352 e. The third-order valence-corrected chi connectivity index (χ3v) is 5.72. The summed E-state index contributed by atoms with van der Waals surface area (Å²) in [6, 6.07) is 11.4. The predicted molar refractivity (Wildman–Crippen MR) is 100 cm³/mol. The highest BCUT2D eigenvalue weighted by molar-refractivity contribution is 7.92. The molecule has 0 atom stereocenters. The standard InChI is InChI=1S/C19H23FN2O3S/c1-14(2)11-12-21-19(23)15-7-6-8-16(13-15)26(24,25)22(3)18-10-5-4-9-17(18)20/h4-10,13-14H,11-12H2,1-3H3,(H,21,23). The summed E-state index contributed by atoms with van der Waals surface area (Å²) in [4.78, 5) is 12.2. The third kappa shape index (κ3) is 4.60. The molecule has 1 amide bonds. The fourth-order valence-corrected chi connectivity index (χ4v) is 3.62. The molecule has 1 N–H and O–H groups in total. The molecule has 0 aliphatic rings. The fourth-order valence-electron chi connectivity index (χ4n) is 2.37. The van der Waals surface area contributed by atoms with Gasteiger partial charge in [0, 0.05) is 19.2 Å². The fraction of sp³-hybridized carbons (Fsp3) is 0.316. The Morgan fingerprint density at radius 3 is 2.50 bits per heavy atom. The second-order valence-electron chi connectivity index (χ2n) is 6.39. The molecule has 0 unspecified atom stereocenters. The van der Waals surface area contributed by atoms with Crippen LogP contribution >= 0.6 is 0 Å². The van der Waals surface area contributed by atoms with Gasteiger partial charge in [-0.2, -0.15) is 0 Å². The SMILES string of the molecule is CC(C)CCNC(=O)c1cccc(S(=O)(=O)N(C)c2ccccc2F)c1. The van der Waals surface area contributed by atoms with Crippen LogP contribution in [0.15, 0.2) is 53.4 Å². The number of carbonyl (C=O) groups is 1. The van der Waals surface area contributed by atoms with E-state index in [0.29, 0.717) is 12.5 Å². The number of hydrogen-bond acceptors (Lipinski definition) is 3. The third-order valence-electron chi connectivity index (χ3n) is 3.95. The first-order chi connectivity index (χ1) is 12.2. The topological polar surface area (TPSA) is 66.5 Å². The number of carbonyl (C=O) groups excluding carboxylic acids is 1. The number of rotatable bonds is 7. The van der Waals surface area contributed by atoms with E-state index in [1.165, 1.54) is 43.4 Å². The first kappa shape index (κ1) is 19.9. The second kappa shape index (κ2) is 8.31. The monoisotopic (exact) mass is 378 g/mol. The number of nitrogens with zero attached hydrogens (tertiary/aromatic N) is 1. The molecule has 0 bridgehead atoms. The first-order valence-corrected chi connectivity index (χ1v) is 9.79. The van der Waals surface area contributed by atoms with Crippen molar-refractivity contribution < 1.29 is 17.6 Å². The van der Waals surface area contributed by atoms with Crippen molar-refractivity contribution in [2.75, 3.05) is 17.9 Å². The summed E-state index contributed by atoms with van der Waals surface area (Å²) in [5, 5.41) is 2.77. The highest BCUT2D eigenvalue weighted by Gasteiger charge is 2.24. The number of para-hydroxylation sites is 1. The number of amides is 1. The van der Waals surface area contributed by atoms with Gasteiger partial charge in [0.05, 0.1) is 10.6 Å². The van der Waals surface area contributed by atoms with Crippen LogP contribution in [0.1, 0.15) is 30.6 Å². The molecule has 26 heavy (non-hydrogen) atoms. The zero-order valence-corrected chi connectivity index (χ0v) is 15.9. The molecule has 0 saturated carbocycles. The number of sulfonamides is 1. The van der Waals surface area contributed by atoms with Crippen LogP contribution in [0.25, 0.3) is 0 Å². The molecule has 140 valence electrons. The number of benzene rings is 2. The average Bonchev–Trinajstić information content (AvgIpc) is 2.61. The van der Waals surface area contributed by atoms with Gasteiger partial charge in [-0.3, -0.25) is 9.10 Å². The molecular formula is C19H23FN2O3S. The number of anilines is 1. The Morgan fingerprint density at radius 2 is 1.85 bits per heavy atom. The lowest BCUT2D eigenvalue weighted by Crippen LogP contribution is -2.28. The highest BCUT2D eigenvalue weighted by atomic mass is 32.2. The van der Waals surface area contributed by atoms with Crippen molar-refractivity contribution in [3.05, 3.63) is 59.9 Å². The van der Waals surface area contributed by atoms with E-state index >= 15 is 0 Å². The van der Waals surface area contributed by atoms with Gasteiger partial charge in [-0.25, -0.2) is 12.8 Å². The van der Waals surface area contributed by atoms with Crippen molar-refractivity contribution in [2.45, 2.75) is 25.2 Å². The Labute approximate surface area is 153 Å². The van der Waals surface area contributed by atoms with E-state index in [1.54, 1.807) is 12.1 Å². The molecule has 0 fully saturated rings. The summed E-state index contributed by atoms with van der Waals surface area (Å²) >= 11 is 0. The maximum atomic E-state index is 13.9. The van der Waals surface area contributed by atoms with Gasteiger partial charge in [-0.05, 0) is 42.7 Å². The van der Waals surface area contributed by atoms with E-state index in [0.717, 1.165) is 10.7 Å². The van der Waals surface area contributed by atoms with Crippen molar-refractivity contribution in [3.63, 3.8) is 0 Å². The van der Waals surface area contributed by atoms with Crippen LogP contribution in [0.2, 0.25) is 0 Å². The van der Waals surface area contributed by atoms with Gasteiger partial charge >= 0.3 is 0 Å². The maximum Gasteiger partial charge on any atom is 0.264 e. The van der Waals surface area contributed by atoms with Crippen LogP contribution in [0.5, 0.6) is 0 Å². The molecule has 0 aliphatic carbocycles. The summed E-state index contributed by atoms with van der Waals surface area (Å²) in [6.45, 7) is 4.62. The van der Waals surface area contributed by atoms with Crippen molar-refractivity contribution in [1.29, 1.82) is 0 Å². The minimum atomic E-state index is -3.99. The molecule has 7 heteroatoms. The van der Waals surface area contributed by atoms with Gasteiger partial charge in [-0.15, -0.1) is 0 Å². The minimum Gasteiger partial charge on any atom is -0.352 e. The van der Waals surface area contributed by atoms with Crippen LogP contribution in [0, 0.1) is 11.7 Å². The molecule has 2 rings (SSSR count). The van der Waals surface area contributed by atoms with Crippen LogP contribution in [0.4, 0.5) is 10.1 Å². The summed E-state index contributed by atoms with van der Waals surface area (Å²) in [5.74, 6) is -0.520. The molecule has 2 aromatic carbocycles. The molecule has 0 heterocycles. The quantitative estimate of drug-likeness (QED) is 0.803. The van der Waals surface area contributed by atoms with E-state index < -0.39 is 15.8 Å².